The lowest BCUT2D eigenvalue weighted by Gasteiger charge is -2.18. The van der Waals surface area contributed by atoms with Crippen molar-refractivity contribution >= 4 is 0 Å². The van der Waals surface area contributed by atoms with E-state index in [1.54, 1.807) is 13.2 Å². The van der Waals surface area contributed by atoms with Gasteiger partial charge in [0.05, 0.1) is 0 Å². The van der Waals surface area contributed by atoms with Crippen LogP contribution in [0.2, 0.25) is 0 Å². The van der Waals surface area contributed by atoms with Crippen LogP contribution in [0.25, 0.3) is 0 Å². The molecule has 0 spiro atoms. The maximum atomic E-state index is 11.8. The molecule has 0 aliphatic heterocycles. The number of hydrogen-bond acceptors (Lipinski definition) is 3. The summed E-state index contributed by atoms with van der Waals surface area (Å²) in [4.78, 5) is 23.4. The van der Waals surface area contributed by atoms with Gasteiger partial charge in [0.15, 0.2) is 0 Å². The molecule has 0 aliphatic carbocycles. The maximum Gasteiger partial charge on any atom is 0.330 e. The van der Waals surface area contributed by atoms with Crippen molar-refractivity contribution in [2.45, 2.75) is 33.7 Å². The molecular weight excluding hydrogens is 230 g/mol. The molecule has 1 aromatic heterocycles. The van der Waals surface area contributed by atoms with Gasteiger partial charge in [0, 0.05) is 32.4 Å². The summed E-state index contributed by atoms with van der Waals surface area (Å²) >= 11 is 0. The van der Waals surface area contributed by atoms with E-state index in [0.717, 1.165) is 17.5 Å². The van der Waals surface area contributed by atoms with E-state index >= 15 is 0 Å². The van der Waals surface area contributed by atoms with Crippen LogP contribution in [0.15, 0.2) is 15.8 Å². The molecule has 0 saturated heterocycles. The Balaban J connectivity index is 2.70. The second kappa shape index (κ2) is 5.52. The Morgan fingerprint density at radius 1 is 1.22 bits per heavy atom. The highest BCUT2D eigenvalue weighted by molar-refractivity contribution is 5.05. The summed E-state index contributed by atoms with van der Waals surface area (Å²) in [5.74, 6) is 0. The molecular formula is C13H23N3O2. The zero-order valence-electron chi connectivity index (χ0n) is 11.9. The minimum atomic E-state index is -0.293. The molecule has 102 valence electrons. The van der Waals surface area contributed by atoms with Gasteiger partial charge in [-0.15, -0.1) is 0 Å². The third-order valence-electron chi connectivity index (χ3n) is 2.88. The molecule has 0 radical (unpaired) electrons. The van der Waals surface area contributed by atoms with E-state index < -0.39 is 0 Å². The minimum absolute atomic E-state index is 0.221. The van der Waals surface area contributed by atoms with Gasteiger partial charge in [0.1, 0.15) is 0 Å². The summed E-state index contributed by atoms with van der Waals surface area (Å²) in [5, 5.41) is 3.24. The topological polar surface area (TPSA) is 56.0 Å². The predicted molar refractivity (Wildman–Crippen MR) is 72.7 cm³/mol. The molecule has 0 unspecified atom stereocenters. The smallest absolute Gasteiger partial charge is 0.312 e. The first kappa shape index (κ1) is 14.7. The standard InChI is InChI=1S/C13H23N3O2/c1-13(2,3)6-7-14-8-10-9-15(4)12(18)16(5)11(10)17/h9,14H,6-8H2,1-5H3. The highest BCUT2D eigenvalue weighted by Crippen LogP contribution is 2.16. The monoisotopic (exact) mass is 253 g/mol. The molecule has 0 amide bonds. The van der Waals surface area contributed by atoms with E-state index in [-0.39, 0.29) is 16.7 Å². The van der Waals surface area contributed by atoms with Crippen LogP contribution in [-0.4, -0.2) is 15.7 Å². The second-order valence-electron chi connectivity index (χ2n) is 5.90. The minimum Gasteiger partial charge on any atom is -0.312 e. The van der Waals surface area contributed by atoms with Crippen molar-refractivity contribution in [3.05, 3.63) is 32.6 Å². The fraction of sp³-hybridized carbons (Fsp3) is 0.692. The van der Waals surface area contributed by atoms with Crippen molar-refractivity contribution in [3.8, 4) is 0 Å². The van der Waals surface area contributed by atoms with Crippen molar-refractivity contribution in [1.29, 1.82) is 0 Å². The van der Waals surface area contributed by atoms with Crippen molar-refractivity contribution in [3.63, 3.8) is 0 Å². The highest BCUT2D eigenvalue weighted by atomic mass is 16.2. The molecule has 0 aliphatic rings. The molecule has 1 rings (SSSR count). The Kier molecular flexibility index (Phi) is 4.51. The Hall–Kier alpha value is -1.36. The summed E-state index contributed by atoms with van der Waals surface area (Å²) < 4.78 is 2.57. The normalized spacial score (nSPS) is 11.8. The Morgan fingerprint density at radius 2 is 1.83 bits per heavy atom. The van der Waals surface area contributed by atoms with Gasteiger partial charge < -0.3 is 9.88 Å². The predicted octanol–water partition coefficient (Wildman–Crippen LogP) is 0.610. The molecule has 0 atom stereocenters. The first-order valence-electron chi connectivity index (χ1n) is 6.18. The molecule has 0 aromatic carbocycles. The van der Waals surface area contributed by atoms with E-state index in [4.69, 9.17) is 0 Å². The second-order valence-corrected chi connectivity index (χ2v) is 5.90. The number of hydrogen-bond donors (Lipinski definition) is 1. The van der Waals surface area contributed by atoms with Crippen LogP contribution in [0.5, 0.6) is 0 Å². The molecule has 1 N–H and O–H groups in total. The van der Waals surface area contributed by atoms with Gasteiger partial charge in [0.2, 0.25) is 0 Å². The van der Waals surface area contributed by atoms with Crippen LogP contribution in [0.1, 0.15) is 32.8 Å². The molecule has 0 bridgehead atoms. The SMILES string of the molecule is Cn1cc(CNCCC(C)(C)C)c(=O)n(C)c1=O. The average molecular weight is 253 g/mol. The van der Waals surface area contributed by atoms with Crippen molar-refractivity contribution in [2.75, 3.05) is 6.54 Å². The molecule has 0 saturated carbocycles. The first-order valence-corrected chi connectivity index (χ1v) is 6.18. The number of aromatic nitrogens is 2. The summed E-state index contributed by atoms with van der Waals surface area (Å²) in [6.45, 7) is 7.90. The third-order valence-corrected chi connectivity index (χ3v) is 2.88. The van der Waals surface area contributed by atoms with Crippen LogP contribution in [0.4, 0.5) is 0 Å². The molecule has 5 heteroatoms. The molecule has 1 aromatic rings. The van der Waals surface area contributed by atoms with Crippen molar-refractivity contribution in [2.24, 2.45) is 19.5 Å². The lowest BCUT2D eigenvalue weighted by Crippen LogP contribution is -2.39. The van der Waals surface area contributed by atoms with Crippen molar-refractivity contribution in [1.82, 2.24) is 14.5 Å². The summed E-state index contributed by atoms with van der Waals surface area (Å²) in [7, 11) is 3.16. The summed E-state index contributed by atoms with van der Waals surface area (Å²) in [6.07, 6.45) is 2.65. The van der Waals surface area contributed by atoms with Gasteiger partial charge in [-0.05, 0) is 18.4 Å². The fourth-order valence-corrected chi connectivity index (χ4v) is 1.69. The largest absolute Gasteiger partial charge is 0.330 e. The Bertz CT molecular complexity index is 521. The molecule has 1 heterocycles. The van der Waals surface area contributed by atoms with Crippen LogP contribution >= 0.6 is 0 Å². The molecule has 5 nitrogen and oxygen atoms in total. The van der Waals surface area contributed by atoms with Gasteiger partial charge >= 0.3 is 5.69 Å². The number of aryl methyl sites for hydroxylation is 1. The highest BCUT2D eigenvalue weighted by Gasteiger charge is 2.10. The van der Waals surface area contributed by atoms with E-state index in [0.29, 0.717) is 12.1 Å². The van der Waals surface area contributed by atoms with Gasteiger partial charge in [-0.2, -0.15) is 0 Å². The third kappa shape index (κ3) is 3.84. The van der Waals surface area contributed by atoms with E-state index in [1.807, 2.05) is 0 Å². The summed E-state index contributed by atoms with van der Waals surface area (Å²) in [5.41, 5.74) is 0.384. The maximum absolute atomic E-state index is 11.8. The van der Waals surface area contributed by atoms with E-state index in [9.17, 15) is 9.59 Å². The van der Waals surface area contributed by atoms with Gasteiger partial charge in [-0.3, -0.25) is 9.36 Å². The van der Waals surface area contributed by atoms with E-state index in [2.05, 4.69) is 26.1 Å². The number of nitrogens with one attached hydrogen (secondary N) is 1. The van der Waals surface area contributed by atoms with Crippen LogP contribution in [-0.2, 0) is 20.6 Å². The van der Waals surface area contributed by atoms with Crippen molar-refractivity contribution < 1.29 is 0 Å². The quantitative estimate of drug-likeness (QED) is 0.800. The average Bonchev–Trinajstić information content (AvgIpc) is 2.26. The number of nitrogens with zero attached hydrogens (tertiary/aromatic N) is 2. The van der Waals surface area contributed by atoms with E-state index in [1.165, 1.54) is 11.6 Å². The summed E-state index contributed by atoms with van der Waals surface area (Å²) in [6, 6.07) is 0. The Labute approximate surface area is 107 Å². The van der Waals surface area contributed by atoms with Crippen LogP contribution < -0.4 is 16.6 Å². The first-order chi connectivity index (χ1) is 8.22. The lowest BCUT2D eigenvalue weighted by molar-refractivity contribution is 0.366. The van der Waals surface area contributed by atoms with Crippen LogP contribution in [0, 0.1) is 5.41 Å². The molecule has 18 heavy (non-hydrogen) atoms. The zero-order chi connectivity index (χ0) is 13.9. The number of rotatable bonds is 4. The van der Waals surface area contributed by atoms with Gasteiger partial charge in [0.25, 0.3) is 5.56 Å². The lowest BCUT2D eigenvalue weighted by atomic mass is 9.92. The van der Waals surface area contributed by atoms with Gasteiger partial charge in [-0.25, -0.2) is 4.79 Å². The zero-order valence-corrected chi connectivity index (χ0v) is 11.9. The van der Waals surface area contributed by atoms with Gasteiger partial charge in [-0.1, -0.05) is 20.8 Å². The van der Waals surface area contributed by atoms with Crippen LogP contribution in [0.3, 0.4) is 0 Å². The fourth-order valence-electron chi connectivity index (χ4n) is 1.69. The molecule has 0 fully saturated rings. The Morgan fingerprint density at radius 3 is 2.39 bits per heavy atom.